The Hall–Kier alpha value is -0.850. The second-order valence-corrected chi connectivity index (χ2v) is 3.57. The summed E-state index contributed by atoms with van der Waals surface area (Å²) in [5, 5.41) is 0. The Morgan fingerprint density at radius 3 is 2.50 bits per heavy atom. The van der Waals surface area contributed by atoms with Gasteiger partial charge in [-0.2, -0.15) is 0 Å². The van der Waals surface area contributed by atoms with E-state index < -0.39 is 0 Å². The number of hydrogen-bond acceptors (Lipinski definition) is 1. The number of aromatic nitrogens is 1. The van der Waals surface area contributed by atoms with Crippen LogP contribution >= 0.6 is 0 Å². The van der Waals surface area contributed by atoms with Crippen LogP contribution in [0.15, 0.2) is 12.1 Å². The monoisotopic (exact) mass is 163 g/mol. The van der Waals surface area contributed by atoms with Gasteiger partial charge >= 0.3 is 0 Å². The lowest BCUT2D eigenvalue weighted by molar-refractivity contribution is 0.804. The Morgan fingerprint density at radius 2 is 2.00 bits per heavy atom. The molecule has 1 aromatic rings. The normalized spacial score (nSPS) is 10.8. The predicted octanol–water partition coefficient (Wildman–Crippen LogP) is 3.08. The van der Waals surface area contributed by atoms with Crippen LogP contribution in [0, 0.1) is 6.92 Å². The molecule has 0 aliphatic heterocycles. The average Bonchev–Trinajstić information content (AvgIpc) is 2.03. The third-order valence-corrected chi connectivity index (χ3v) is 2.00. The van der Waals surface area contributed by atoms with Gasteiger partial charge in [0.05, 0.1) is 0 Å². The summed E-state index contributed by atoms with van der Waals surface area (Å²) in [7, 11) is 0. The summed E-state index contributed by atoms with van der Waals surface area (Å²) in [6, 6.07) is 4.33. The molecule has 0 bridgehead atoms. The molecule has 0 aliphatic rings. The van der Waals surface area contributed by atoms with Crippen molar-refractivity contribution in [3.8, 4) is 0 Å². The zero-order valence-electron chi connectivity index (χ0n) is 8.39. The highest BCUT2D eigenvalue weighted by Gasteiger charge is 2.02. The van der Waals surface area contributed by atoms with Gasteiger partial charge in [0.1, 0.15) is 0 Å². The highest BCUT2D eigenvalue weighted by molar-refractivity contribution is 5.21. The third kappa shape index (κ3) is 2.07. The molecule has 12 heavy (non-hydrogen) atoms. The maximum atomic E-state index is 4.55. The van der Waals surface area contributed by atoms with Crippen molar-refractivity contribution >= 4 is 0 Å². The van der Waals surface area contributed by atoms with Crippen molar-refractivity contribution in [2.75, 3.05) is 0 Å². The summed E-state index contributed by atoms with van der Waals surface area (Å²) in [6.07, 6.45) is 1.03. The van der Waals surface area contributed by atoms with Gasteiger partial charge in [-0.25, -0.2) is 0 Å². The minimum atomic E-state index is 0.537. The number of pyridine rings is 1. The first-order valence-corrected chi connectivity index (χ1v) is 4.61. The highest BCUT2D eigenvalue weighted by Crippen LogP contribution is 2.14. The predicted molar refractivity (Wildman–Crippen MR) is 52.4 cm³/mol. The van der Waals surface area contributed by atoms with Gasteiger partial charge in [-0.1, -0.05) is 20.8 Å². The van der Waals surface area contributed by atoms with Crippen molar-refractivity contribution in [3.63, 3.8) is 0 Å². The van der Waals surface area contributed by atoms with E-state index in [0.29, 0.717) is 5.92 Å². The fraction of sp³-hybridized carbons (Fsp3) is 0.545. The molecule has 1 rings (SSSR count). The molecule has 0 saturated heterocycles. The van der Waals surface area contributed by atoms with Crippen molar-refractivity contribution < 1.29 is 0 Å². The van der Waals surface area contributed by atoms with Crippen LogP contribution in [-0.4, -0.2) is 4.98 Å². The van der Waals surface area contributed by atoms with Gasteiger partial charge in [0, 0.05) is 11.4 Å². The lowest BCUT2D eigenvalue weighted by atomic mass is 10.1. The standard InChI is InChI=1S/C11H17N/c1-5-10-6-9(4)7-11(12-10)8(2)3/h6-8H,5H2,1-4H3. The molecule has 1 heterocycles. The summed E-state index contributed by atoms with van der Waals surface area (Å²) in [4.78, 5) is 4.55. The minimum absolute atomic E-state index is 0.537. The second kappa shape index (κ2) is 3.70. The molecule has 0 unspecified atom stereocenters. The van der Waals surface area contributed by atoms with Crippen LogP contribution in [0.2, 0.25) is 0 Å². The number of hydrogen-bond donors (Lipinski definition) is 0. The molecule has 0 N–H and O–H groups in total. The van der Waals surface area contributed by atoms with E-state index in [-0.39, 0.29) is 0 Å². The SMILES string of the molecule is CCc1cc(C)cc(C(C)C)n1. The van der Waals surface area contributed by atoms with Gasteiger partial charge in [-0.05, 0) is 37.0 Å². The van der Waals surface area contributed by atoms with Gasteiger partial charge in [-0.3, -0.25) is 4.98 Å². The van der Waals surface area contributed by atoms with Gasteiger partial charge in [0.25, 0.3) is 0 Å². The summed E-state index contributed by atoms with van der Waals surface area (Å²) < 4.78 is 0. The molecule has 1 nitrogen and oxygen atoms in total. The number of nitrogens with zero attached hydrogens (tertiary/aromatic N) is 1. The molecule has 0 aromatic carbocycles. The van der Waals surface area contributed by atoms with Gasteiger partial charge < -0.3 is 0 Å². The Morgan fingerprint density at radius 1 is 1.33 bits per heavy atom. The van der Waals surface area contributed by atoms with E-state index in [2.05, 4.69) is 44.8 Å². The van der Waals surface area contributed by atoms with Crippen molar-refractivity contribution in [2.45, 2.75) is 40.0 Å². The Balaban J connectivity index is 3.06. The number of aryl methyl sites for hydroxylation is 2. The first-order valence-electron chi connectivity index (χ1n) is 4.61. The van der Waals surface area contributed by atoms with Crippen LogP contribution in [0.3, 0.4) is 0 Å². The first kappa shape index (κ1) is 9.24. The molecule has 0 fully saturated rings. The minimum Gasteiger partial charge on any atom is -0.258 e. The van der Waals surface area contributed by atoms with Crippen LogP contribution in [0.1, 0.15) is 43.6 Å². The van der Waals surface area contributed by atoms with E-state index in [9.17, 15) is 0 Å². The molecular weight excluding hydrogens is 146 g/mol. The fourth-order valence-electron chi connectivity index (χ4n) is 1.24. The molecule has 66 valence electrons. The summed E-state index contributed by atoms with van der Waals surface area (Å²) in [5.74, 6) is 0.537. The molecule has 0 amide bonds. The smallest absolute Gasteiger partial charge is 0.0434 e. The first-order chi connectivity index (χ1) is 5.63. The van der Waals surface area contributed by atoms with Crippen molar-refractivity contribution in [2.24, 2.45) is 0 Å². The molecule has 0 aliphatic carbocycles. The zero-order chi connectivity index (χ0) is 9.14. The largest absolute Gasteiger partial charge is 0.258 e. The van der Waals surface area contributed by atoms with Crippen LogP contribution in [0.5, 0.6) is 0 Å². The quantitative estimate of drug-likeness (QED) is 0.653. The number of rotatable bonds is 2. The third-order valence-electron chi connectivity index (χ3n) is 2.00. The van der Waals surface area contributed by atoms with E-state index in [1.165, 1.54) is 17.0 Å². The van der Waals surface area contributed by atoms with Crippen LogP contribution in [0.25, 0.3) is 0 Å². The van der Waals surface area contributed by atoms with Crippen molar-refractivity contribution in [1.82, 2.24) is 4.98 Å². The Bertz CT molecular complexity index is 264. The van der Waals surface area contributed by atoms with Crippen LogP contribution in [0.4, 0.5) is 0 Å². The maximum Gasteiger partial charge on any atom is 0.0434 e. The van der Waals surface area contributed by atoms with E-state index in [1.54, 1.807) is 0 Å². The van der Waals surface area contributed by atoms with E-state index in [4.69, 9.17) is 0 Å². The molecule has 1 aromatic heterocycles. The van der Waals surface area contributed by atoms with Gasteiger partial charge in [0.15, 0.2) is 0 Å². The average molecular weight is 163 g/mol. The Kier molecular flexibility index (Phi) is 2.85. The van der Waals surface area contributed by atoms with E-state index in [1.807, 2.05) is 0 Å². The van der Waals surface area contributed by atoms with Gasteiger partial charge in [0.2, 0.25) is 0 Å². The van der Waals surface area contributed by atoms with Gasteiger partial charge in [-0.15, -0.1) is 0 Å². The topological polar surface area (TPSA) is 12.9 Å². The van der Waals surface area contributed by atoms with E-state index >= 15 is 0 Å². The summed E-state index contributed by atoms with van der Waals surface area (Å²) >= 11 is 0. The molecular formula is C11H17N. The molecule has 0 saturated carbocycles. The summed E-state index contributed by atoms with van der Waals surface area (Å²) in [6.45, 7) is 8.64. The zero-order valence-corrected chi connectivity index (χ0v) is 8.39. The highest BCUT2D eigenvalue weighted by atomic mass is 14.7. The fourth-order valence-corrected chi connectivity index (χ4v) is 1.24. The Labute approximate surface area is 74.8 Å². The van der Waals surface area contributed by atoms with Crippen LogP contribution < -0.4 is 0 Å². The second-order valence-electron chi connectivity index (χ2n) is 3.57. The van der Waals surface area contributed by atoms with Crippen LogP contribution in [-0.2, 0) is 6.42 Å². The summed E-state index contributed by atoms with van der Waals surface area (Å²) in [5.41, 5.74) is 3.75. The van der Waals surface area contributed by atoms with Crippen molar-refractivity contribution in [1.29, 1.82) is 0 Å². The van der Waals surface area contributed by atoms with Crippen molar-refractivity contribution in [3.05, 3.63) is 29.1 Å². The molecule has 0 radical (unpaired) electrons. The maximum absolute atomic E-state index is 4.55. The molecule has 0 atom stereocenters. The lowest BCUT2D eigenvalue weighted by Gasteiger charge is -2.07. The van der Waals surface area contributed by atoms with E-state index in [0.717, 1.165) is 6.42 Å². The molecule has 0 spiro atoms. The lowest BCUT2D eigenvalue weighted by Crippen LogP contribution is -1.97. The molecule has 1 heteroatoms.